The van der Waals surface area contributed by atoms with Gasteiger partial charge in [0.15, 0.2) is 17.7 Å². The van der Waals surface area contributed by atoms with Gasteiger partial charge in [-0.1, -0.05) is 44.2 Å². The summed E-state index contributed by atoms with van der Waals surface area (Å²) in [4.78, 5) is 25.9. The van der Waals surface area contributed by atoms with Crippen LogP contribution in [0, 0.1) is 17.6 Å². The van der Waals surface area contributed by atoms with Gasteiger partial charge in [0.25, 0.3) is 0 Å². The third-order valence-electron chi connectivity index (χ3n) is 6.84. The van der Waals surface area contributed by atoms with Crippen molar-refractivity contribution in [3.8, 4) is 5.75 Å². The summed E-state index contributed by atoms with van der Waals surface area (Å²) in [7, 11) is 0. The normalized spacial score (nSPS) is 14.6. The molecule has 1 unspecified atom stereocenters. The zero-order valence-electron chi connectivity index (χ0n) is 22.0. The van der Waals surface area contributed by atoms with Crippen molar-refractivity contribution in [3.05, 3.63) is 59.7 Å². The molecule has 38 heavy (non-hydrogen) atoms. The van der Waals surface area contributed by atoms with Crippen molar-refractivity contribution in [3.63, 3.8) is 0 Å². The molecule has 9 heteroatoms. The standard InChI is InChI=1S/C29H38F2N2O5/c1-2-37-27(28(34)35)19-22-10-13-24(14-11-22)38-18-17-33(16-6-9-21-7-4-3-5-8-21)29(36)32-23-12-15-25(30)26(31)20-23/h10-15,20-21,27H,2-9,16-19H2,1H3,(H,32,36)(H,34,35). The lowest BCUT2D eigenvalue weighted by atomic mass is 9.86. The van der Waals surface area contributed by atoms with Crippen LogP contribution >= 0.6 is 0 Å². The van der Waals surface area contributed by atoms with E-state index in [-0.39, 0.29) is 18.7 Å². The van der Waals surface area contributed by atoms with Crippen molar-refractivity contribution in [2.75, 3.05) is 31.6 Å². The highest BCUT2D eigenvalue weighted by Gasteiger charge is 2.19. The maximum Gasteiger partial charge on any atom is 0.333 e. The number of ether oxygens (including phenoxy) is 2. The predicted molar refractivity (Wildman–Crippen MR) is 141 cm³/mol. The summed E-state index contributed by atoms with van der Waals surface area (Å²) in [6, 6.07) is 9.99. The van der Waals surface area contributed by atoms with Gasteiger partial charge in [0.1, 0.15) is 12.4 Å². The first-order valence-corrected chi connectivity index (χ1v) is 13.4. The summed E-state index contributed by atoms with van der Waals surface area (Å²) < 4.78 is 38.0. The summed E-state index contributed by atoms with van der Waals surface area (Å²) in [6.45, 7) is 3.16. The first-order valence-electron chi connectivity index (χ1n) is 13.4. The Kier molecular flexibility index (Phi) is 11.8. The van der Waals surface area contributed by atoms with Crippen LogP contribution in [0.25, 0.3) is 0 Å². The topological polar surface area (TPSA) is 88.1 Å². The molecule has 7 nitrogen and oxygen atoms in total. The van der Waals surface area contributed by atoms with Crippen molar-refractivity contribution in [2.24, 2.45) is 5.92 Å². The second-order valence-electron chi connectivity index (χ2n) is 9.67. The number of anilines is 1. The first-order chi connectivity index (χ1) is 18.4. The second-order valence-corrected chi connectivity index (χ2v) is 9.67. The fourth-order valence-corrected chi connectivity index (χ4v) is 4.77. The Hall–Kier alpha value is -3.20. The number of nitrogens with zero attached hydrogens (tertiary/aromatic N) is 1. The van der Waals surface area contributed by atoms with E-state index in [0.29, 0.717) is 31.4 Å². The number of amides is 2. The van der Waals surface area contributed by atoms with E-state index < -0.39 is 29.7 Å². The van der Waals surface area contributed by atoms with Crippen molar-refractivity contribution in [1.29, 1.82) is 0 Å². The number of benzene rings is 2. The van der Waals surface area contributed by atoms with Gasteiger partial charge in [-0.3, -0.25) is 0 Å². The SMILES string of the molecule is CCOC(Cc1ccc(OCCN(CCCC2CCCCC2)C(=O)Nc2ccc(F)c(F)c2)cc1)C(=O)O. The number of hydrogen-bond acceptors (Lipinski definition) is 4. The zero-order chi connectivity index (χ0) is 27.3. The van der Waals surface area contributed by atoms with Gasteiger partial charge in [0.2, 0.25) is 0 Å². The molecule has 1 saturated carbocycles. The minimum absolute atomic E-state index is 0.189. The van der Waals surface area contributed by atoms with Gasteiger partial charge in [-0.15, -0.1) is 0 Å². The van der Waals surface area contributed by atoms with Crippen LogP contribution in [0.4, 0.5) is 19.3 Å². The summed E-state index contributed by atoms with van der Waals surface area (Å²) in [5, 5.41) is 11.9. The number of halogens is 2. The third-order valence-corrected chi connectivity index (χ3v) is 6.84. The molecular weight excluding hydrogens is 494 g/mol. The lowest BCUT2D eigenvalue weighted by Gasteiger charge is -2.26. The van der Waals surface area contributed by atoms with Crippen LogP contribution in [0.5, 0.6) is 5.75 Å². The molecule has 1 aliphatic carbocycles. The van der Waals surface area contributed by atoms with Crippen molar-refractivity contribution < 1.29 is 33.0 Å². The van der Waals surface area contributed by atoms with Crippen molar-refractivity contribution in [1.82, 2.24) is 4.90 Å². The van der Waals surface area contributed by atoms with Crippen LogP contribution in [0.15, 0.2) is 42.5 Å². The number of aliphatic carboxylic acids is 1. The Morgan fingerprint density at radius 3 is 2.45 bits per heavy atom. The number of carbonyl (C=O) groups excluding carboxylic acids is 1. The summed E-state index contributed by atoms with van der Waals surface area (Å²) in [5.74, 6) is -1.70. The molecule has 208 valence electrons. The lowest BCUT2D eigenvalue weighted by molar-refractivity contribution is -0.149. The average Bonchev–Trinajstić information content (AvgIpc) is 2.91. The number of carboxylic acids is 1. The summed E-state index contributed by atoms with van der Waals surface area (Å²) in [6.07, 6.45) is 7.55. The molecule has 1 aliphatic rings. The average molecular weight is 533 g/mol. The largest absolute Gasteiger partial charge is 0.492 e. The van der Waals surface area contributed by atoms with Crippen LogP contribution in [-0.2, 0) is 16.0 Å². The fraction of sp³-hybridized carbons (Fsp3) is 0.517. The Labute approximate surface area is 223 Å². The van der Waals surface area contributed by atoms with E-state index in [1.807, 2.05) is 0 Å². The van der Waals surface area contributed by atoms with Crippen molar-refractivity contribution >= 4 is 17.7 Å². The van der Waals surface area contributed by atoms with E-state index >= 15 is 0 Å². The maximum absolute atomic E-state index is 13.6. The van der Waals surface area contributed by atoms with Crippen LogP contribution < -0.4 is 10.1 Å². The summed E-state index contributed by atoms with van der Waals surface area (Å²) in [5.41, 5.74) is 1.00. The van der Waals surface area contributed by atoms with Crippen LogP contribution in [0.2, 0.25) is 0 Å². The molecule has 0 aromatic heterocycles. The smallest absolute Gasteiger partial charge is 0.333 e. The quantitative estimate of drug-likeness (QED) is 0.299. The van der Waals surface area contributed by atoms with Gasteiger partial charge in [-0.25, -0.2) is 18.4 Å². The second kappa shape index (κ2) is 15.3. The van der Waals surface area contributed by atoms with E-state index in [2.05, 4.69) is 5.32 Å². The van der Waals surface area contributed by atoms with Gasteiger partial charge >= 0.3 is 12.0 Å². The molecular formula is C29H38F2N2O5. The molecule has 0 saturated heterocycles. The number of nitrogens with one attached hydrogen (secondary N) is 1. The van der Waals surface area contributed by atoms with E-state index in [1.54, 1.807) is 36.1 Å². The number of urea groups is 1. The first kappa shape index (κ1) is 29.4. The highest BCUT2D eigenvalue weighted by atomic mass is 19.2. The molecule has 2 amide bonds. The van der Waals surface area contributed by atoms with Gasteiger partial charge < -0.3 is 24.8 Å². The molecule has 3 rings (SSSR count). The minimum Gasteiger partial charge on any atom is -0.492 e. The molecule has 0 radical (unpaired) electrons. The summed E-state index contributed by atoms with van der Waals surface area (Å²) >= 11 is 0. The van der Waals surface area contributed by atoms with Crippen LogP contribution in [0.1, 0.15) is 57.4 Å². The lowest BCUT2D eigenvalue weighted by Crippen LogP contribution is -2.38. The van der Waals surface area contributed by atoms with E-state index in [1.165, 1.54) is 38.2 Å². The monoisotopic (exact) mass is 532 g/mol. The van der Waals surface area contributed by atoms with Crippen LogP contribution in [-0.4, -0.2) is 54.4 Å². The minimum atomic E-state index is -1.02. The fourth-order valence-electron chi connectivity index (χ4n) is 4.77. The number of carbonyl (C=O) groups is 2. The molecule has 0 spiro atoms. The molecule has 0 aliphatic heterocycles. The number of hydrogen-bond donors (Lipinski definition) is 2. The third kappa shape index (κ3) is 9.59. The van der Waals surface area contributed by atoms with Gasteiger partial charge in [-0.05, 0) is 55.5 Å². The maximum atomic E-state index is 13.6. The number of carboxylic acid groups (broad SMARTS) is 1. The van der Waals surface area contributed by atoms with Gasteiger partial charge in [0.05, 0.1) is 6.54 Å². The molecule has 1 atom stereocenters. The van der Waals surface area contributed by atoms with E-state index in [9.17, 15) is 23.5 Å². The van der Waals surface area contributed by atoms with Crippen molar-refractivity contribution in [2.45, 2.75) is 64.4 Å². The molecule has 1 fully saturated rings. The van der Waals surface area contributed by atoms with E-state index in [4.69, 9.17) is 9.47 Å². The van der Waals surface area contributed by atoms with Gasteiger partial charge in [0, 0.05) is 31.3 Å². The molecule has 2 N–H and O–H groups in total. The predicted octanol–water partition coefficient (Wildman–Crippen LogP) is 6.27. The van der Waals surface area contributed by atoms with Gasteiger partial charge in [-0.2, -0.15) is 0 Å². The molecule has 2 aromatic rings. The zero-order valence-corrected chi connectivity index (χ0v) is 22.0. The Bertz CT molecular complexity index is 1030. The number of rotatable bonds is 14. The molecule has 2 aromatic carbocycles. The molecule has 0 bridgehead atoms. The van der Waals surface area contributed by atoms with E-state index in [0.717, 1.165) is 30.5 Å². The Morgan fingerprint density at radius 2 is 1.79 bits per heavy atom. The molecule has 0 heterocycles. The van der Waals surface area contributed by atoms with Crippen LogP contribution in [0.3, 0.4) is 0 Å². The highest BCUT2D eigenvalue weighted by Crippen LogP contribution is 2.27. The highest BCUT2D eigenvalue weighted by molar-refractivity contribution is 5.89. The Balaban J connectivity index is 1.54. The Morgan fingerprint density at radius 1 is 1.05 bits per heavy atom.